The minimum atomic E-state index is -2.71. The van der Waals surface area contributed by atoms with Gasteiger partial charge in [0.2, 0.25) is 5.71 Å². The van der Waals surface area contributed by atoms with Gasteiger partial charge in [0, 0.05) is 29.0 Å². The van der Waals surface area contributed by atoms with Gasteiger partial charge < -0.3 is 9.32 Å². The van der Waals surface area contributed by atoms with E-state index in [0.29, 0.717) is 5.71 Å². The Bertz CT molecular complexity index is 3260. The predicted octanol–water partition coefficient (Wildman–Crippen LogP) is 11.1. The average Bonchev–Trinajstić information content (AvgIpc) is 3.69. The minimum absolute atomic E-state index is 0.542. The molecule has 9 aromatic carbocycles. The van der Waals surface area contributed by atoms with Crippen molar-refractivity contribution in [2.45, 2.75) is 6.42 Å². The van der Waals surface area contributed by atoms with Crippen LogP contribution >= 0.6 is 0 Å². The van der Waals surface area contributed by atoms with E-state index in [4.69, 9.17) is 14.4 Å². The van der Waals surface area contributed by atoms with E-state index < -0.39 is 8.07 Å². The van der Waals surface area contributed by atoms with E-state index in [1.165, 1.54) is 43.2 Å². The van der Waals surface area contributed by atoms with Crippen molar-refractivity contribution >= 4 is 89.9 Å². The summed E-state index contributed by atoms with van der Waals surface area (Å²) in [4.78, 5) is 12.6. The highest BCUT2D eigenvalue weighted by Crippen LogP contribution is 2.46. The van der Waals surface area contributed by atoms with E-state index in [0.717, 1.165) is 61.5 Å². The van der Waals surface area contributed by atoms with Crippen molar-refractivity contribution in [1.29, 1.82) is 0 Å². The van der Waals surface area contributed by atoms with E-state index in [9.17, 15) is 0 Å². The number of hydrogen-bond donors (Lipinski definition) is 0. The molecule has 0 saturated carbocycles. The topological polar surface area (TPSA) is 42.2 Å². The first-order chi connectivity index (χ1) is 29.7. The molecule has 5 heteroatoms. The van der Waals surface area contributed by atoms with E-state index in [1.807, 2.05) is 24.3 Å². The average molecular weight is 784 g/mol. The van der Waals surface area contributed by atoms with Gasteiger partial charge >= 0.3 is 0 Å². The zero-order valence-electron chi connectivity index (χ0n) is 32.7. The lowest BCUT2D eigenvalue weighted by Gasteiger charge is -2.34. The van der Waals surface area contributed by atoms with E-state index in [1.54, 1.807) is 0 Å². The third-order valence-corrected chi connectivity index (χ3v) is 17.2. The normalized spacial score (nSPS) is 12.6. The third-order valence-electron chi connectivity index (χ3n) is 12.4. The highest BCUT2D eigenvalue weighted by Gasteiger charge is 2.41. The molecule has 0 atom stereocenters. The Morgan fingerprint density at radius 1 is 0.467 bits per heavy atom. The van der Waals surface area contributed by atoms with Crippen molar-refractivity contribution in [3.63, 3.8) is 0 Å². The zero-order chi connectivity index (χ0) is 39.6. The smallest absolute Gasteiger partial charge is 0.246 e. The Morgan fingerprint density at radius 3 is 1.58 bits per heavy atom. The molecule has 0 aliphatic carbocycles. The molecule has 4 nitrogen and oxygen atoms in total. The molecule has 0 bridgehead atoms. The first-order valence-corrected chi connectivity index (χ1v) is 22.5. The highest BCUT2D eigenvalue weighted by molar-refractivity contribution is 7.19. The number of benzene rings is 9. The fourth-order valence-corrected chi connectivity index (χ4v) is 14.5. The first kappa shape index (κ1) is 34.4. The van der Waals surface area contributed by atoms with Crippen LogP contribution in [-0.4, -0.2) is 18.0 Å². The molecule has 282 valence electrons. The molecular formula is C55H37N3OSi. The summed E-state index contributed by atoms with van der Waals surface area (Å²) in [6.45, 7) is 0. The van der Waals surface area contributed by atoms with Gasteiger partial charge in [-0.25, -0.2) is 9.97 Å². The van der Waals surface area contributed by atoms with Crippen LogP contribution in [0.4, 0.5) is 17.1 Å². The van der Waals surface area contributed by atoms with Crippen LogP contribution in [0.15, 0.2) is 217 Å². The number of aromatic nitrogens is 2. The van der Waals surface area contributed by atoms with Crippen LogP contribution < -0.4 is 25.6 Å². The molecular weight excluding hydrogens is 747 g/mol. The molecule has 1 aliphatic heterocycles. The number of anilines is 3. The maximum Gasteiger partial charge on any atom is 0.246 e. The molecule has 0 fully saturated rings. The largest absolute Gasteiger partial charge is 0.436 e. The van der Waals surface area contributed by atoms with Crippen molar-refractivity contribution < 1.29 is 4.42 Å². The summed E-state index contributed by atoms with van der Waals surface area (Å²) in [7, 11) is -2.71. The van der Waals surface area contributed by atoms with Gasteiger partial charge in [-0.3, -0.25) is 0 Å². The van der Waals surface area contributed by atoms with Crippen molar-refractivity contribution in [3.05, 3.63) is 223 Å². The fraction of sp³-hybridized carbons (Fsp3) is 0.0182. The van der Waals surface area contributed by atoms with Crippen molar-refractivity contribution in [2.24, 2.45) is 0 Å². The fourth-order valence-electron chi connectivity index (χ4n) is 9.72. The second-order valence-corrected chi connectivity index (χ2v) is 19.5. The zero-order valence-corrected chi connectivity index (χ0v) is 33.7. The molecule has 0 amide bonds. The maximum absolute atomic E-state index is 6.82. The van der Waals surface area contributed by atoms with E-state index in [2.05, 4.69) is 193 Å². The molecule has 3 heterocycles. The van der Waals surface area contributed by atoms with Crippen LogP contribution in [0.25, 0.3) is 55.1 Å². The molecule has 0 spiro atoms. The number of fused-ring (bicyclic) bond motifs is 8. The van der Waals surface area contributed by atoms with Crippen LogP contribution in [0.1, 0.15) is 11.1 Å². The molecule has 11 aromatic rings. The minimum Gasteiger partial charge on any atom is -0.436 e. The summed E-state index contributed by atoms with van der Waals surface area (Å²) in [5, 5.41) is 8.52. The van der Waals surface area contributed by atoms with Gasteiger partial charge in [-0.2, -0.15) is 0 Å². The third kappa shape index (κ3) is 5.29. The molecule has 0 saturated heterocycles. The Morgan fingerprint density at radius 2 is 0.983 bits per heavy atom. The lowest BCUT2D eigenvalue weighted by molar-refractivity contribution is 0.656. The molecule has 0 unspecified atom stereocenters. The van der Waals surface area contributed by atoms with Crippen molar-refractivity contribution in [3.8, 4) is 11.1 Å². The van der Waals surface area contributed by atoms with Crippen LogP contribution in [0.5, 0.6) is 0 Å². The number of rotatable bonds is 6. The standard InChI is InChI=1S/C55H37N3OSi/c1-4-18-42(19-5-1)60(43-20-6-2-7-21-43,44-22-8-3-9-23-44)45-31-28-37(29-32-45)47-36-40-35-41(58-50-26-14-10-16-38(50)34-39-17-11-15-27-51(39)58)30-33-46(40)52-53-55(59-54(47)52)57-49-25-13-12-24-48(49)56-53/h1-33,35-36H,34H2. The Kier molecular flexibility index (Phi) is 7.90. The van der Waals surface area contributed by atoms with Crippen molar-refractivity contribution in [1.82, 2.24) is 9.97 Å². The summed E-state index contributed by atoms with van der Waals surface area (Å²) in [6.07, 6.45) is 0.911. The second kappa shape index (κ2) is 13.8. The summed E-state index contributed by atoms with van der Waals surface area (Å²) in [6, 6.07) is 77.2. The second-order valence-electron chi connectivity index (χ2n) is 15.7. The summed E-state index contributed by atoms with van der Waals surface area (Å²) in [5.41, 5.74) is 12.0. The van der Waals surface area contributed by atoms with Crippen LogP contribution in [0.2, 0.25) is 0 Å². The molecule has 0 N–H and O–H groups in total. The van der Waals surface area contributed by atoms with Gasteiger partial charge in [0.05, 0.1) is 16.4 Å². The molecule has 60 heavy (non-hydrogen) atoms. The number of nitrogens with zero attached hydrogens (tertiary/aromatic N) is 3. The van der Waals surface area contributed by atoms with Crippen molar-refractivity contribution in [2.75, 3.05) is 4.90 Å². The summed E-state index contributed by atoms with van der Waals surface area (Å²) >= 11 is 0. The molecule has 1 aliphatic rings. The SMILES string of the molecule is c1ccc([Si](c2ccccc2)(c2ccccc2)c2ccc(-c3cc4cc(N5c6ccccc6Cc6ccccc65)ccc4c4c3oc3nc5ccccc5nc34)cc2)cc1. The number of hydrogen-bond acceptors (Lipinski definition) is 4. The molecule has 12 rings (SSSR count). The first-order valence-electron chi connectivity index (χ1n) is 20.5. The highest BCUT2D eigenvalue weighted by atomic mass is 28.3. The van der Waals surface area contributed by atoms with Crippen LogP contribution in [0.3, 0.4) is 0 Å². The maximum atomic E-state index is 6.82. The van der Waals surface area contributed by atoms with E-state index >= 15 is 0 Å². The van der Waals surface area contributed by atoms with Crippen LogP contribution in [-0.2, 0) is 6.42 Å². The Hall–Kier alpha value is -7.60. The van der Waals surface area contributed by atoms with Gasteiger partial charge in [0.15, 0.2) is 8.07 Å². The summed E-state index contributed by atoms with van der Waals surface area (Å²) < 4.78 is 6.82. The molecule has 2 aromatic heterocycles. The van der Waals surface area contributed by atoms with Gasteiger partial charge in [-0.1, -0.05) is 170 Å². The number of para-hydroxylation sites is 4. The van der Waals surface area contributed by atoms with E-state index in [-0.39, 0.29) is 0 Å². The summed E-state index contributed by atoms with van der Waals surface area (Å²) in [5.74, 6) is 0. The van der Waals surface area contributed by atoms with Gasteiger partial charge in [0.25, 0.3) is 0 Å². The lowest BCUT2D eigenvalue weighted by Crippen LogP contribution is -2.74. The quantitative estimate of drug-likeness (QED) is 0.124. The number of furan rings is 1. The predicted molar refractivity (Wildman–Crippen MR) is 251 cm³/mol. The van der Waals surface area contributed by atoms with Gasteiger partial charge in [0.1, 0.15) is 11.1 Å². The van der Waals surface area contributed by atoms with Gasteiger partial charge in [-0.05, 0) is 90.7 Å². The Balaban J connectivity index is 1.10. The molecule has 0 radical (unpaired) electrons. The van der Waals surface area contributed by atoms with Gasteiger partial charge in [-0.15, -0.1) is 0 Å². The monoisotopic (exact) mass is 783 g/mol. The Labute approximate surface area is 348 Å². The van der Waals surface area contributed by atoms with Crippen LogP contribution in [0, 0.1) is 0 Å². The lowest BCUT2D eigenvalue weighted by atomic mass is 9.94.